The van der Waals surface area contributed by atoms with Crippen LogP contribution in [0.15, 0.2) is 35.1 Å². The van der Waals surface area contributed by atoms with Gasteiger partial charge in [0.05, 0.1) is 11.1 Å². The van der Waals surface area contributed by atoms with Crippen LogP contribution in [0.2, 0.25) is 0 Å². The second kappa shape index (κ2) is 7.10. The molecule has 138 valence electrons. The molecule has 1 saturated heterocycles. The quantitative estimate of drug-likeness (QED) is 0.779. The van der Waals surface area contributed by atoms with E-state index in [0.717, 1.165) is 18.7 Å². The summed E-state index contributed by atoms with van der Waals surface area (Å²) in [6, 6.07) is 3.87. The van der Waals surface area contributed by atoms with Crippen molar-refractivity contribution in [3.05, 3.63) is 46.2 Å². The lowest BCUT2D eigenvalue weighted by molar-refractivity contribution is -0.137. The summed E-state index contributed by atoms with van der Waals surface area (Å²) in [5.74, 6) is 0.281. The molecule has 3 rings (SSSR count). The molecule has 2 aromatic heterocycles. The van der Waals surface area contributed by atoms with Gasteiger partial charge in [0.15, 0.2) is 0 Å². The van der Waals surface area contributed by atoms with Gasteiger partial charge in [-0.15, -0.1) is 0 Å². The molecule has 0 bridgehead atoms. The van der Waals surface area contributed by atoms with Crippen molar-refractivity contribution < 1.29 is 18.0 Å². The third-order valence-corrected chi connectivity index (χ3v) is 4.46. The summed E-state index contributed by atoms with van der Waals surface area (Å²) >= 11 is 3.26. The maximum Gasteiger partial charge on any atom is 0.417 e. The minimum absolute atomic E-state index is 0.0367. The summed E-state index contributed by atoms with van der Waals surface area (Å²) in [6.45, 7) is 1.16. The first-order valence-corrected chi connectivity index (χ1v) is 8.53. The highest BCUT2D eigenvalue weighted by Gasteiger charge is 2.31. The summed E-state index contributed by atoms with van der Waals surface area (Å²) < 4.78 is 38.4. The fourth-order valence-electron chi connectivity index (χ4n) is 2.79. The van der Waals surface area contributed by atoms with E-state index in [-0.39, 0.29) is 6.04 Å². The number of pyridine rings is 2. The maximum absolute atomic E-state index is 12.6. The van der Waals surface area contributed by atoms with E-state index in [9.17, 15) is 18.0 Å². The van der Waals surface area contributed by atoms with E-state index in [4.69, 9.17) is 5.73 Å². The average Bonchev–Trinajstić information content (AvgIpc) is 3.02. The van der Waals surface area contributed by atoms with Gasteiger partial charge in [-0.25, -0.2) is 9.97 Å². The highest BCUT2D eigenvalue weighted by atomic mass is 79.9. The van der Waals surface area contributed by atoms with Crippen molar-refractivity contribution in [2.24, 2.45) is 5.73 Å². The standard InChI is InChI=1S/C16H15BrF3N5O/c17-10-5-12(14(21)26)15(23-7-10)25-4-3-11(8-25)24-13-2-1-9(6-22-13)16(18,19)20/h1-2,5-7,11H,3-4,8H2,(H2,21,26)(H,22,24)/t11-/m0/s1. The first-order chi connectivity index (χ1) is 12.2. The second-order valence-corrected chi connectivity index (χ2v) is 6.81. The SMILES string of the molecule is NC(=O)c1cc(Br)cnc1N1CC[C@H](Nc2ccc(C(F)(F)F)cn2)C1. The van der Waals surface area contributed by atoms with Crippen molar-refractivity contribution in [2.75, 3.05) is 23.3 Å². The van der Waals surface area contributed by atoms with Gasteiger partial charge in [0.1, 0.15) is 11.6 Å². The minimum Gasteiger partial charge on any atom is -0.365 e. The van der Waals surface area contributed by atoms with Crippen LogP contribution in [0, 0.1) is 0 Å². The monoisotopic (exact) mass is 429 g/mol. The zero-order chi connectivity index (χ0) is 18.9. The molecule has 3 N–H and O–H groups in total. The van der Waals surface area contributed by atoms with Gasteiger partial charge in [-0.1, -0.05) is 0 Å². The summed E-state index contributed by atoms with van der Waals surface area (Å²) in [7, 11) is 0. The van der Waals surface area contributed by atoms with Gasteiger partial charge in [0.2, 0.25) is 0 Å². The van der Waals surface area contributed by atoms with E-state index in [1.165, 1.54) is 6.07 Å². The maximum atomic E-state index is 12.6. The van der Waals surface area contributed by atoms with Crippen LogP contribution in [-0.2, 0) is 6.18 Å². The first kappa shape index (κ1) is 18.4. The van der Waals surface area contributed by atoms with Gasteiger partial charge in [0.25, 0.3) is 5.91 Å². The number of hydrogen-bond donors (Lipinski definition) is 2. The number of hydrogen-bond acceptors (Lipinski definition) is 5. The molecule has 1 aliphatic heterocycles. The Labute approximate surface area is 155 Å². The summed E-state index contributed by atoms with van der Waals surface area (Å²) in [5, 5.41) is 3.11. The van der Waals surface area contributed by atoms with E-state index < -0.39 is 17.6 Å². The molecule has 0 aliphatic carbocycles. The van der Waals surface area contributed by atoms with Crippen LogP contribution in [-0.4, -0.2) is 35.0 Å². The van der Waals surface area contributed by atoms with Gasteiger partial charge in [-0.2, -0.15) is 13.2 Å². The third kappa shape index (κ3) is 4.06. The third-order valence-electron chi connectivity index (χ3n) is 4.03. The Hall–Kier alpha value is -2.36. The predicted octanol–water partition coefficient (Wildman–Crippen LogP) is 3.05. The number of alkyl halides is 3. The van der Waals surface area contributed by atoms with Crippen LogP contribution in [0.1, 0.15) is 22.3 Å². The molecular formula is C16H15BrF3N5O. The van der Waals surface area contributed by atoms with Crippen molar-refractivity contribution in [1.82, 2.24) is 9.97 Å². The van der Waals surface area contributed by atoms with Gasteiger partial charge in [-0.05, 0) is 40.5 Å². The molecular weight excluding hydrogens is 415 g/mol. The molecule has 1 atom stereocenters. The summed E-state index contributed by atoms with van der Waals surface area (Å²) in [4.78, 5) is 21.6. The van der Waals surface area contributed by atoms with E-state index in [2.05, 4.69) is 31.2 Å². The van der Waals surface area contributed by atoms with Crippen molar-refractivity contribution in [3.8, 4) is 0 Å². The summed E-state index contributed by atoms with van der Waals surface area (Å²) in [6.07, 6.45) is -1.30. The molecule has 1 aliphatic rings. The molecule has 1 fully saturated rings. The predicted molar refractivity (Wildman–Crippen MR) is 93.9 cm³/mol. The summed E-state index contributed by atoms with van der Waals surface area (Å²) in [5.41, 5.74) is 4.94. The first-order valence-electron chi connectivity index (χ1n) is 7.74. The van der Waals surface area contributed by atoms with Crippen LogP contribution in [0.5, 0.6) is 0 Å². The van der Waals surface area contributed by atoms with E-state index in [1.54, 1.807) is 12.3 Å². The number of carbonyl (C=O) groups excluding carboxylic acids is 1. The smallest absolute Gasteiger partial charge is 0.365 e. The zero-order valence-electron chi connectivity index (χ0n) is 13.4. The molecule has 0 saturated carbocycles. The van der Waals surface area contributed by atoms with Gasteiger partial charge in [0, 0.05) is 36.0 Å². The van der Waals surface area contributed by atoms with Crippen LogP contribution in [0.3, 0.4) is 0 Å². The van der Waals surface area contributed by atoms with E-state index in [1.807, 2.05) is 4.90 Å². The highest BCUT2D eigenvalue weighted by molar-refractivity contribution is 9.10. The van der Waals surface area contributed by atoms with Crippen molar-refractivity contribution in [2.45, 2.75) is 18.6 Å². The van der Waals surface area contributed by atoms with Crippen LogP contribution < -0.4 is 16.0 Å². The Kier molecular flexibility index (Phi) is 5.03. The van der Waals surface area contributed by atoms with Crippen molar-refractivity contribution >= 4 is 33.5 Å². The number of anilines is 2. The second-order valence-electron chi connectivity index (χ2n) is 5.89. The lowest BCUT2D eigenvalue weighted by atomic mass is 10.2. The van der Waals surface area contributed by atoms with Crippen molar-refractivity contribution in [3.63, 3.8) is 0 Å². The lowest BCUT2D eigenvalue weighted by Crippen LogP contribution is -2.29. The van der Waals surface area contributed by atoms with Crippen molar-refractivity contribution in [1.29, 1.82) is 0 Å². The number of aromatic nitrogens is 2. The molecule has 6 nitrogen and oxygen atoms in total. The fraction of sp³-hybridized carbons (Fsp3) is 0.312. The van der Waals surface area contributed by atoms with E-state index >= 15 is 0 Å². The highest BCUT2D eigenvalue weighted by Crippen LogP contribution is 2.29. The number of amides is 1. The number of halogens is 4. The molecule has 0 unspecified atom stereocenters. The number of nitrogens with one attached hydrogen (secondary N) is 1. The van der Waals surface area contributed by atoms with Crippen LogP contribution >= 0.6 is 15.9 Å². The molecule has 3 heterocycles. The van der Waals surface area contributed by atoms with Crippen LogP contribution in [0.4, 0.5) is 24.8 Å². The Balaban J connectivity index is 1.69. The molecule has 0 aromatic carbocycles. The number of rotatable bonds is 4. The minimum atomic E-state index is -4.41. The Morgan fingerprint density at radius 1 is 1.31 bits per heavy atom. The fourth-order valence-corrected chi connectivity index (χ4v) is 3.12. The van der Waals surface area contributed by atoms with Crippen LogP contribution in [0.25, 0.3) is 0 Å². The lowest BCUT2D eigenvalue weighted by Gasteiger charge is -2.20. The Morgan fingerprint density at radius 3 is 2.69 bits per heavy atom. The molecule has 26 heavy (non-hydrogen) atoms. The molecule has 10 heteroatoms. The zero-order valence-corrected chi connectivity index (χ0v) is 15.0. The van der Waals surface area contributed by atoms with E-state index in [0.29, 0.717) is 34.8 Å². The topological polar surface area (TPSA) is 84.1 Å². The van der Waals surface area contributed by atoms with Gasteiger partial charge >= 0.3 is 6.18 Å². The normalized spacial score (nSPS) is 17.4. The average molecular weight is 430 g/mol. The number of primary amides is 1. The number of nitrogens with two attached hydrogens (primary N) is 1. The number of nitrogens with zero attached hydrogens (tertiary/aromatic N) is 3. The molecule has 1 amide bonds. The molecule has 0 radical (unpaired) electrons. The number of carbonyl (C=O) groups is 1. The van der Waals surface area contributed by atoms with Gasteiger partial charge in [-0.3, -0.25) is 4.79 Å². The largest absolute Gasteiger partial charge is 0.417 e. The molecule has 2 aromatic rings. The Bertz CT molecular complexity index is 813. The Morgan fingerprint density at radius 2 is 2.08 bits per heavy atom. The van der Waals surface area contributed by atoms with Gasteiger partial charge < -0.3 is 16.0 Å². The molecule has 0 spiro atoms.